The number of fused-ring (bicyclic) bond motifs is 3. The lowest BCUT2D eigenvalue weighted by Gasteiger charge is -2.25. The van der Waals surface area contributed by atoms with Crippen LogP contribution >= 0.6 is 23.2 Å². The maximum Gasteiger partial charge on any atom is 0.0547 e. The van der Waals surface area contributed by atoms with Crippen LogP contribution in [0.5, 0.6) is 0 Å². The van der Waals surface area contributed by atoms with Gasteiger partial charge in [0.1, 0.15) is 0 Å². The lowest BCUT2D eigenvalue weighted by molar-refractivity contribution is 1.17. The van der Waals surface area contributed by atoms with Crippen LogP contribution < -0.4 is 4.90 Å². The SMILES string of the molecule is Cc1ccc(-n2c3ccccc3c3ccc(-c4ccc(N(c5ccc(Cl)cc5)c5ccc(Cl)cc5)cc4)cc32)cc1. The predicted octanol–water partition coefficient (Wildman–Crippen LogP) is 11.5. The molecule has 0 unspecified atom stereocenters. The molecule has 0 aliphatic carbocycles. The van der Waals surface area contributed by atoms with Crippen molar-refractivity contribution in [2.45, 2.75) is 6.92 Å². The molecule has 0 aliphatic rings. The first-order chi connectivity index (χ1) is 20.0. The van der Waals surface area contributed by atoms with Crippen molar-refractivity contribution in [2.24, 2.45) is 0 Å². The molecule has 0 saturated heterocycles. The van der Waals surface area contributed by atoms with Gasteiger partial charge in [-0.25, -0.2) is 0 Å². The number of aromatic nitrogens is 1. The quantitative estimate of drug-likeness (QED) is 0.200. The van der Waals surface area contributed by atoms with Gasteiger partial charge in [0, 0.05) is 43.6 Å². The highest BCUT2D eigenvalue weighted by Gasteiger charge is 2.15. The van der Waals surface area contributed by atoms with Crippen LogP contribution in [0.15, 0.2) is 140 Å². The largest absolute Gasteiger partial charge is 0.311 e. The van der Waals surface area contributed by atoms with E-state index in [1.54, 1.807) is 0 Å². The van der Waals surface area contributed by atoms with Gasteiger partial charge < -0.3 is 9.47 Å². The van der Waals surface area contributed by atoms with Crippen LogP contribution in [0.4, 0.5) is 17.1 Å². The summed E-state index contributed by atoms with van der Waals surface area (Å²) in [5.74, 6) is 0. The van der Waals surface area contributed by atoms with Crippen molar-refractivity contribution in [3.05, 3.63) is 155 Å². The van der Waals surface area contributed by atoms with E-state index < -0.39 is 0 Å². The van der Waals surface area contributed by atoms with Crippen molar-refractivity contribution in [3.63, 3.8) is 0 Å². The Bertz CT molecular complexity index is 1940. The molecule has 0 bridgehead atoms. The molecule has 0 radical (unpaired) electrons. The standard InChI is InChI=1S/C37H26Cl2N2/c1-25-6-15-33(16-7-25)41-36-5-3-2-4-34(36)35-23-10-27(24-37(35)41)26-8-17-30(18-9-26)40(31-19-11-28(38)12-20-31)32-21-13-29(39)14-22-32/h2-24H,1H3. The Morgan fingerprint density at radius 2 is 1.00 bits per heavy atom. The molecule has 0 N–H and O–H groups in total. The van der Waals surface area contributed by atoms with Crippen molar-refractivity contribution in [1.82, 2.24) is 4.57 Å². The zero-order valence-corrected chi connectivity index (χ0v) is 23.9. The minimum absolute atomic E-state index is 0.707. The molecule has 1 aromatic heterocycles. The van der Waals surface area contributed by atoms with Gasteiger partial charge in [-0.2, -0.15) is 0 Å². The van der Waals surface area contributed by atoms with Crippen molar-refractivity contribution < 1.29 is 0 Å². The number of anilines is 3. The summed E-state index contributed by atoms with van der Waals surface area (Å²) in [5.41, 5.74) is 10.2. The van der Waals surface area contributed by atoms with Crippen LogP contribution in [0.3, 0.4) is 0 Å². The number of aryl methyl sites for hydroxylation is 1. The molecule has 4 heteroatoms. The fourth-order valence-corrected chi connectivity index (χ4v) is 5.80. The van der Waals surface area contributed by atoms with Gasteiger partial charge in [-0.3, -0.25) is 0 Å². The van der Waals surface area contributed by atoms with Crippen LogP contribution in [0.1, 0.15) is 5.56 Å². The number of hydrogen-bond acceptors (Lipinski definition) is 1. The molecule has 0 spiro atoms. The predicted molar refractivity (Wildman–Crippen MR) is 176 cm³/mol. The van der Waals surface area contributed by atoms with E-state index in [0.29, 0.717) is 10.0 Å². The maximum absolute atomic E-state index is 6.20. The fourth-order valence-electron chi connectivity index (χ4n) is 5.55. The number of hydrogen-bond donors (Lipinski definition) is 0. The molecule has 2 nitrogen and oxygen atoms in total. The summed E-state index contributed by atoms with van der Waals surface area (Å²) in [7, 11) is 0. The Balaban J connectivity index is 1.33. The van der Waals surface area contributed by atoms with E-state index in [-0.39, 0.29) is 0 Å². The van der Waals surface area contributed by atoms with E-state index in [1.165, 1.54) is 32.9 Å². The third kappa shape index (κ3) is 4.76. The van der Waals surface area contributed by atoms with Crippen LogP contribution in [0, 0.1) is 6.92 Å². The molecule has 1 heterocycles. The van der Waals surface area contributed by atoms with Crippen LogP contribution in [-0.2, 0) is 0 Å². The van der Waals surface area contributed by atoms with E-state index in [9.17, 15) is 0 Å². The van der Waals surface area contributed by atoms with Crippen LogP contribution in [0.2, 0.25) is 10.0 Å². The average Bonchev–Trinajstić information content (AvgIpc) is 3.34. The summed E-state index contributed by atoms with van der Waals surface area (Å²) >= 11 is 12.4. The van der Waals surface area contributed by atoms with Crippen molar-refractivity contribution in [3.8, 4) is 16.8 Å². The monoisotopic (exact) mass is 568 g/mol. The van der Waals surface area contributed by atoms with Crippen molar-refractivity contribution >= 4 is 62.1 Å². The summed E-state index contributed by atoms with van der Waals surface area (Å²) in [4.78, 5) is 2.20. The molecule has 198 valence electrons. The zero-order chi connectivity index (χ0) is 27.9. The number of para-hydroxylation sites is 1. The summed E-state index contributed by atoms with van der Waals surface area (Å²) in [6.07, 6.45) is 0. The highest BCUT2D eigenvalue weighted by atomic mass is 35.5. The zero-order valence-electron chi connectivity index (χ0n) is 22.4. The summed E-state index contributed by atoms with van der Waals surface area (Å²) < 4.78 is 2.37. The number of rotatable bonds is 5. The number of nitrogens with zero attached hydrogens (tertiary/aromatic N) is 2. The Kier molecular flexibility index (Phi) is 6.51. The second-order valence-corrected chi connectivity index (χ2v) is 11.1. The van der Waals surface area contributed by atoms with Crippen LogP contribution in [0.25, 0.3) is 38.6 Å². The van der Waals surface area contributed by atoms with Gasteiger partial charge in [-0.15, -0.1) is 0 Å². The molecule has 6 aromatic carbocycles. The average molecular weight is 570 g/mol. The molecule has 0 aliphatic heterocycles. The summed E-state index contributed by atoms with van der Waals surface area (Å²) in [6, 6.07) is 48.6. The lowest BCUT2D eigenvalue weighted by Crippen LogP contribution is -2.09. The summed E-state index contributed by atoms with van der Waals surface area (Å²) in [6.45, 7) is 2.12. The lowest BCUT2D eigenvalue weighted by atomic mass is 10.0. The van der Waals surface area contributed by atoms with Gasteiger partial charge in [-0.05, 0) is 103 Å². The van der Waals surface area contributed by atoms with Gasteiger partial charge in [0.25, 0.3) is 0 Å². The Morgan fingerprint density at radius 3 is 1.61 bits per heavy atom. The van der Waals surface area contributed by atoms with Gasteiger partial charge >= 0.3 is 0 Å². The molecule has 7 aromatic rings. The Hall–Kier alpha value is -4.50. The smallest absolute Gasteiger partial charge is 0.0547 e. The molecule has 0 saturated carbocycles. The van der Waals surface area contributed by atoms with E-state index >= 15 is 0 Å². The first-order valence-electron chi connectivity index (χ1n) is 13.6. The third-order valence-electron chi connectivity index (χ3n) is 7.59. The molecular formula is C37H26Cl2N2. The highest BCUT2D eigenvalue weighted by Crippen LogP contribution is 2.38. The van der Waals surface area contributed by atoms with E-state index in [2.05, 4.69) is 107 Å². The van der Waals surface area contributed by atoms with Gasteiger partial charge in [0.15, 0.2) is 0 Å². The second-order valence-electron chi connectivity index (χ2n) is 10.3. The first kappa shape index (κ1) is 25.5. The molecular weight excluding hydrogens is 543 g/mol. The normalized spacial score (nSPS) is 11.3. The minimum atomic E-state index is 0.707. The number of benzene rings is 6. The third-order valence-corrected chi connectivity index (χ3v) is 8.10. The van der Waals surface area contributed by atoms with E-state index in [4.69, 9.17) is 23.2 Å². The maximum atomic E-state index is 6.20. The van der Waals surface area contributed by atoms with Gasteiger partial charge in [0.05, 0.1) is 11.0 Å². The van der Waals surface area contributed by atoms with Crippen molar-refractivity contribution in [2.75, 3.05) is 4.90 Å². The van der Waals surface area contributed by atoms with E-state index in [1.807, 2.05) is 48.5 Å². The topological polar surface area (TPSA) is 8.17 Å². The Labute approximate surface area is 249 Å². The Morgan fingerprint density at radius 1 is 0.488 bits per heavy atom. The van der Waals surface area contributed by atoms with Crippen LogP contribution in [-0.4, -0.2) is 4.57 Å². The van der Waals surface area contributed by atoms with Gasteiger partial charge in [0.2, 0.25) is 0 Å². The molecule has 7 rings (SSSR count). The summed E-state index contributed by atoms with van der Waals surface area (Å²) in [5, 5.41) is 3.92. The van der Waals surface area contributed by atoms with E-state index in [0.717, 1.165) is 28.3 Å². The molecule has 41 heavy (non-hydrogen) atoms. The first-order valence-corrected chi connectivity index (χ1v) is 14.3. The number of halogens is 2. The molecule has 0 atom stereocenters. The highest BCUT2D eigenvalue weighted by molar-refractivity contribution is 6.31. The second kappa shape index (κ2) is 10.5. The fraction of sp³-hybridized carbons (Fsp3) is 0.0270. The van der Waals surface area contributed by atoms with Gasteiger partial charge in [-0.1, -0.05) is 83.4 Å². The molecule has 0 fully saturated rings. The molecule has 0 amide bonds. The van der Waals surface area contributed by atoms with Crippen molar-refractivity contribution in [1.29, 1.82) is 0 Å². The minimum Gasteiger partial charge on any atom is -0.311 e.